The summed E-state index contributed by atoms with van der Waals surface area (Å²) in [7, 11) is -3.69. The highest BCUT2D eigenvalue weighted by atomic mass is 32.2. The third-order valence-corrected chi connectivity index (χ3v) is 3.35. The van der Waals surface area contributed by atoms with Gasteiger partial charge >= 0.3 is 5.97 Å². The summed E-state index contributed by atoms with van der Waals surface area (Å²) in [4.78, 5) is 10.4. The van der Waals surface area contributed by atoms with Crippen molar-refractivity contribution < 1.29 is 18.3 Å². The van der Waals surface area contributed by atoms with Crippen molar-refractivity contribution in [3.8, 4) is 6.07 Å². The molecule has 90 valence electrons. The molecule has 0 fully saturated rings. The summed E-state index contributed by atoms with van der Waals surface area (Å²) in [5, 5.41) is 16.8. The van der Waals surface area contributed by atoms with Crippen molar-refractivity contribution in [3.63, 3.8) is 0 Å². The molecule has 1 aromatic rings. The van der Waals surface area contributed by atoms with Gasteiger partial charge in [0, 0.05) is 0 Å². The lowest BCUT2D eigenvalue weighted by atomic mass is 10.2. The van der Waals surface area contributed by atoms with Crippen LogP contribution in [0.2, 0.25) is 0 Å². The van der Waals surface area contributed by atoms with Crippen LogP contribution >= 0.6 is 0 Å². The van der Waals surface area contributed by atoms with Gasteiger partial charge in [-0.25, -0.2) is 8.42 Å². The fourth-order valence-corrected chi connectivity index (χ4v) is 2.09. The van der Waals surface area contributed by atoms with Gasteiger partial charge in [0.05, 0.1) is 23.9 Å². The third-order valence-electron chi connectivity index (χ3n) is 1.93. The summed E-state index contributed by atoms with van der Waals surface area (Å²) in [6, 6.07) is 7.12. The number of sulfonamides is 1. The minimum atomic E-state index is -3.69. The van der Waals surface area contributed by atoms with E-state index in [2.05, 4.69) is 4.72 Å². The molecular weight excluding hydrogens is 244 g/mol. The van der Waals surface area contributed by atoms with Gasteiger partial charge in [-0.05, 0) is 17.7 Å². The highest BCUT2D eigenvalue weighted by molar-refractivity contribution is 7.89. The standard InChI is InChI=1S/C10H10N2O4S/c11-5-6-12-17(15,16)9-3-1-8(2-4-9)7-10(13)14/h1-4,12H,6-7H2,(H,13,14). The van der Waals surface area contributed by atoms with Crippen molar-refractivity contribution in [1.29, 1.82) is 5.26 Å². The Balaban J connectivity index is 2.88. The fourth-order valence-electron chi connectivity index (χ4n) is 1.17. The summed E-state index contributed by atoms with van der Waals surface area (Å²) >= 11 is 0. The average Bonchev–Trinajstić information content (AvgIpc) is 2.26. The first kappa shape index (κ1) is 13.2. The van der Waals surface area contributed by atoms with E-state index in [1.54, 1.807) is 6.07 Å². The number of nitrogens with zero attached hydrogens (tertiary/aromatic N) is 1. The minimum Gasteiger partial charge on any atom is -0.481 e. The highest BCUT2D eigenvalue weighted by Gasteiger charge is 2.13. The number of carboxylic acid groups (broad SMARTS) is 1. The molecule has 1 aromatic carbocycles. The molecule has 6 nitrogen and oxygen atoms in total. The van der Waals surface area contributed by atoms with Crippen LogP contribution in [0.1, 0.15) is 5.56 Å². The molecule has 17 heavy (non-hydrogen) atoms. The number of hydrogen-bond donors (Lipinski definition) is 2. The molecule has 0 atom stereocenters. The van der Waals surface area contributed by atoms with Gasteiger partial charge in [0.25, 0.3) is 0 Å². The Kier molecular flexibility index (Phi) is 4.20. The topological polar surface area (TPSA) is 107 Å². The second kappa shape index (κ2) is 5.43. The zero-order valence-electron chi connectivity index (χ0n) is 8.75. The van der Waals surface area contributed by atoms with Gasteiger partial charge in [-0.3, -0.25) is 4.79 Å². The molecule has 7 heteroatoms. The molecule has 0 heterocycles. The molecule has 0 spiro atoms. The minimum absolute atomic E-state index is 0.00175. The lowest BCUT2D eigenvalue weighted by Crippen LogP contribution is -2.23. The maximum absolute atomic E-state index is 11.5. The van der Waals surface area contributed by atoms with Gasteiger partial charge in [0.15, 0.2) is 0 Å². The van der Waals surface area contributed by atoms with Crippen molar-refractivity contribution in [1.82, 2.24) is 4.72 Å². The Morgan fingerprint density at radius 3 is 2.41 bits per heavy atom. The Bertz CT molecular complexity index is 543. The molecular formula is C10H10N2O4S. The summed E-state index contributed by atoms with van der Waals surface area (Å²) in [6.45, 7) is -0.306. The largest absolute Gasteiger partial charge is 0.481 e. The SMILES string of the molecule is N#CCNS(=O)(=O)c1ccc(CC(=O)O)cc1. The molecule has 0 saturated heterocycles. The lowest BCUT2D eigenvalue weighted by Gasteiger charge is -2.04. The average molecular weight is 254 g/mol. The Hall–Kier alpha value is -1.91. The molecule has 0 aromatic heterocycles. The van der Waals surface area contributed by atoms with E-state index in [9.17, 15) is 13.2 Å². The second-order valence-corrected chi connectivity index (χ2v) is 4.96. The molecule has 0 saturated carbocycles. The second-order valence-electron chi connectivity index (χ2n) is 3.20. The summed E-state index contributed by atoms with van der Waals surface area (Å²) < 4.78 is 25.2. The molecule has 2 N–H and O–H groups in total. The van der Waals surface area contributed by atoms with E-state index < -0.39 is 16.0 Å². The zero-order valence-corrected chi connectivity index (χ0v) is 9.57. The molecule has 0 amide bonds. The molecule has 0 aliphatic heterocycles. The van der Waals surface area contributed by atoms with Crippen molar-refractivity contribution in [3.05, 3.63) is 29.8 Å². The molecule has 0 aliphatic rings. The first-order chi connectivity index (χ1) is 7.95. The molecule has 0 aliphatic carbocycles. The van der Waals surface area contributed by atoms with Gasteiger partial charge in [-0.15, -0.1) is 0 Å². The van der Waals surface area contributed by atoms with Crippen LogP contribution in [0.15, 0.2) is 29.2 Å². The monoisotopic (exact) mass is 254 g/mol. The summed E-state index contributed by atoms with van der Waals surface area (Å²) in [5.41, 5.74) is 0.511. The van der Waals surface area contributed by atoms with Crippen LogP contribution in [-0.2, 0) is 21.2 Å². The van der Waals surface area contributed by atoms with Gasteiger partial charge in [-0.1, -0.05) is 12.1 Å². The van der Waals surface area contributed by atoms with E-state index in [4.69, 9.17) is 10.4 Å². The molecule has 0 unspecified atom stereocenters. The predicted molar refractivity (Wildman–Crippen MR) is 58.6 cm³/mol. The molecule has 1 rings (SSSR count). The number of benzene rings is 1. The number of carbonyl (C=O) groups is 1. The van der Waals surface area contributed by atoms with Crippen molar-refractivity contribution in [2.75, 3.05) is 6.54 Å². The van der Waals surface area contributed by atoms with Gasteiger partial charge < -0.3 is 5.11 Å². The maximum atomic E-state index is 11.5. The normalized spacial score (nSPS) is 10.8. The number of hydrogen-bond acceptors (Lipinski definition) is 4. The van der Waals surface area contributed by atoms with E-state index in [0.717, 1.165) is 0 Å². The smallest absolute Gasteiger partial charge is 0.307 e. The highest BCUT2D eigenvalue weighted by Crippen LogP contribution is 2.10. The van der Waals surface area contributed by atoms with E-state index >= 15 is 0 Å². The Morgan fingerprint density at radius 2 is 1.94 bits per heavy atom. The van der Waals surface area contributed by atoms with Crippen LogP contribution in [0.4, 0.5) is 0 Å². The third kappa shape index (κ3) is 3.86. The van der Waals surface area contributed by atoms with Crippen LogP contribution < -0.4 is 4.72 Å². The predicted octanol–water partition coefficient (Wildman–Crippen LogP) is 0.116. The van der Waals surface area contributed by atoms with Gasteiger partial charge in [0.2, 0.25) is 10.0 Å². The Labute approximate surface area is 98.6 Å². The number of nitriles is 1. The maximum Gasteiger partial charge on any atom is 0.307 e. The Morgan fingerprint density at radius 1 is 1.35 bits per heavy atom. The number of carboxylic acids is 1. The fraction of sp³-hybridized carbons (Fsp3) is 0.200. The summed E-state index contributed by atoms with van der Waals surface area (Å²) in [6.07, 6.45) is -0.161. The van der Waals surface area contributed by atoms with Crippen LogP contribution in [0.5, 0.6) is 0 Å². The molecule has 0 bridgehead atoms. The van der Waals surface area contributed by atoms with Crippen molar-refractivity contribution >= 4 is 16.0 Å². The van der Waals surface area contributed by atoms with Crippen molar-refractivity contribution in [2.24, 2.45) is 0 Å². The zero-order chi connectivity index (χ0) is 12.9. The number of aliphatic carboxylic acids is 1. The van der Waals surface area contributed by atoms with E-state index in [1.165, 1.54) is 24.3 Å². The first-order valence-corrected chi connectivity index (χ1v) is 6.11. The van der Waals surface area contributed by atoms with Crippen LogP contribution in [-0.4, -0.2) is 26.0 Å². The van der Waals surface area contributed by atoms with E-state index in [0.29, 0.717) is 5.56 Å². The quantitative estimate of drug-likeness (QED) is 0.725. The number of nitrogens with one attached hydrogen (secondary N) is 1. The van der Waals surface area contributed by atoms with E-state index in [1.807, 2.05) is 0 Å². The number of rotatable bonds is 5. The first-order valence-electron chi connectivity index (χ1n) is 4.63. The van der Waals surface area contributed by atoms with E-state index in [-0.39, 0.29) is 17.9 Å². The molecule has 0 radical (unpaired) electrons. The lowest BCUT2D eigenvalue weighted by molar-refractivity contribution is -0.136. The van der Waals surface area contributed by atoms with Crippen LogP contribution in [0.3, 0.4) is 0 Å². The van der Waals surface area contributed by atoms with Crippen molar-refractivity contribution in [2.45, 2.75) is 11.3 Å². The van der Waals surface area contributed by atoms with Crippen LogP contribution in [0, 0.1) is 11.3 Å². The van der Waals surface area contributed by atoms with Gasteiger partial charge in [-0.2, -0.15) is 9.98 Å². The summed E-state index contributed by atoms with van der Waals surface area (Å²) in [5.74, 6) is -0.983. The van der Waals surface area contributed by atoms with Gasteiger partial charge in [0.1, 0.15) is 0 Å². The van der Waals surface area contributed by atoms with Crippen LogP contribution in [0.25, 0.3) is 0 Å².